The molecule has 2 bridgehead atoms. The van der Waals surface area contributed by atoms with Crippen LogP contribution >= 0.6 is 46.3 Å². The Hall–Kier alpha value is -2.59. The van der Waals surface area contributed by atoms with Crippen LogP contribution in [-0.4, -0.2) is 34.6 Å². The van der Waals surface area contributed by atoms with Crippen molar-refractivity contribution >= 4 is 69.8 Å². The topological polar surface area (TPSA) is 96.5 Å². The molecule has 2 aliphatic carbocycles. The van der Waals surface area contributed by atoms with E-state index in [1.54, 1.807) is 49.0 Å². The van der Waals surface area contributed by atoms with Gasteiger partial charge in [-0.1, -0.05) is 46.7 Å². The number of carbonyl (C=O) groups is 3. The molecule has 11 heteroatoms. The summed E-state index contributed by atoms with van der Waals surface area (Å²) in [6.07, 6.45) is 0.776. The second-order valence-corrected chi connectivity index (χ2v) is 13.4. The molecule has 2 amide bonds. The van der Waals surface area contributed by atoms with Gasteiger partial charge in [0.2, 0.25) is 11.8 Å². The molecular formula is C28H22Cl2N2O5S2. The lowest BCUT2D eigenvalue weighted by atomic mass is 9.68. The Kier molecular flexibility index (Phi) is 6.01. The highest BCUT2D eigenvalue weighted by atomic mass is 35.5. The van der Waals surface area contributed by atoms with Gasteiger partial charge in [0.05, 0.1) is 44.8 Å². The van der Waals surface area contributed by atoms with Crippen LogP contribution in [0.4, 0.5) is 5.69 Å². The number of carbonyl (C=O) groups excluding carboxylic acids is 3. The number of imide groups is 1. The van der Waals surface area contributed by atoms with E-state index in [1.165, 1.54) is 16.2 Å². The first-order valence-corrected chi connectivity index (χ1v) is 15.2. The third kappa shape index (κ3) is 3.63. The van der Waals surface area contributed by atoms with E-state index in [1.807, 2.05) is 12.1 Å². The number of rotatable bonds is 4. The zero-order valence-electron chi connectivity index (χ0n) is 20.6. The number of esters is 1. The van der Waals surface area contributed by atoms with E-state index >= 15 is 0 Å². The largest absolute Gasteiger partial charge is 0.462 e. The highest BCUT2D eigenvalue weighted by Crippen LogP contribution is 2.69. The van der Waals surface area contributed by atoms with E-state index in [4.69, 9.17) is 27.9 Å². The van der Waals surface area contributed by atoms with Crippen LogP contribution in [0.1, 0.15) is 40.1 Å². The minimum Gasteiger partial charge on any atom is -0.462 e. The van der Waals surface area contributed by atoms with Gasteiger partial charge >= 0.3 is 10.8 Å². The number of anilines is 1. The van der Waals surface area contributed by atoms with Crippen molar-refractivity contribution in [2.45, 2.75) is 29.5 Å². The van der Waals surface area contributed by atoms with Gasteiger partial charge in [0.25, 0.3) is 0 Å². The first-order chi connectivity index (χ1) is 18.8. The molecule has 7 atom stereocenters. The van der Waals surface area contributed by atoms with Gasteiger partial charge in [-0.15, -0.1) is 11.8 Å². The Labute approximate surface area is 241 Å². The van der Waals surface area contributed by atoms with Crippen molar-refractivity contribution in [2.24, 2.45) is 29.6 Å². The number of halogens is 2. The molecule has 2 aromatic carbocycles. The molecule has 7 rings (SSSR count). The Morgan fingerprint density at radius 3 is 2.49 bits per heavy atom. The van der Waals surface area contributed by atoms with Crippen LogP contribution in [0.3, 0.4) is 0 Å². The van der Waals surface area contributed by atoms with E-state index < -0.39 is 17.8 Å². The number of nitrogens with zero attached hydrogens (tertiary/aromatic N) is 1. The number of thioether (sulfide) groups is 1. The second kappa shape index (κ2) is 9.23. The standard InChI is InChI=1S/C28H22Cl2N2O5S2/c1-2-37-27(35)11-6-8-12(9-7-11)32-25(33)19-14-10-15(20(19)26(32)34)22-18(14)17(13-4-3-5-16(29)21(13)30)23-24(38-22)31-28(36)39-23/h3-9,14-15,17-20,22H,2,10H2,1H3,(H,31,36)/t14-,15-,17+,18+,19+,20+,22-/m1/s1. The maximum atomic E-state index is 13.9. The fourth-order valence-corrected chi connectivity index (χ4v) is 10.6. The van der Waals surface area contributed by atoms with Gasteiger partial charge in [-0.25, -0.2) is 4.79 Å². The van der Waals surface area contributed by atoms with Gasteiger partial charge in [0.1, 0.15) is 0 Å². The summed E-state index contributed by atoms with van der Waals surface area (Å²) >= 11 is 16.0. The molecule has 0 spiro atoms. The number of hydrogen-bond donors (Lipinski definition) is 1. The normalized spacial score (nSPS) is 30.3. The molecule has 3 heterocycles. The summed E-state index contributed by atoms with van der Waals surface area (Å²) in [5, 5.41) is 1.77. The van der Waals surface area contributed by atoms with Crippen LogP contribution in [0.2, 0.25) is 10.0 Å². The van der Waals surface area contributed by atoms with E-state index in [2.05, 4.69) is 4.98 Å². The first-order valence-electron chi connectivity index (χ1n) is 12.8. The van der Waals surface area contributed by atoms with Crippen molar-refractivity contribution in [2.75, 3.05) is 11.5 Å². The molecule has 1 aromatic heterocycles. The zero-order chi connectivity index (χ0) is 27.2. The number of aromatic nitrogens is 1. The summed E-state index contributed by atoms with van der Waals surface area (Å²) in [5.41, 5.74) is 1.67. The van der Waals surface area contributed by atoms with Crippen LogP contribution in [-0.2, 0) is 14.3 Å². The molecule has 3 aromatic rings. The number of fused-ring (bicyclic) bond motifs is 9. The van der Waals surface area contributed by atoms with Crippen LogP contribution in [0.15, 0.2) is 52.3 Å². The van der Waals surface area contributed by atoms with E-state index in [-0.39, 0.29) is 52.2 Å². The molecule has 39 heavy (non-hydrogen) atoms. The van der Waals surface area contributed by atoms with E-state index in [0.717, 1.165) is 21.9 Å². The molecule has 7 nitrogen and oxygen atoms in total. The molecule has 0 radical (unpaired) electrons. The lowest BCUT2D eigenvalue weighted by Gasteiger charge is -2.43. The summed E-state index contributed by atoms with van der Waals surface area (Å²) in [6, 6.07) is 12.0. The Bertz CT molecular complexity index is 1600. The van der Waals surface area contributed by atoms with E-state index in [0.29, 0.717) is 21.3 Å². The fraction of sp³-hybridized carbons (Fsp3) is 0.357. The van der Waals surface area contributed by atoms with Gasteiger partial charge in [-0.05, 0) is 67.0 Å². The lowest BCUT2D eigenvalue weighted by molar-refractivity contribution is -0.123. The molecule has 4 aliphatic rings. The molecule has 1 N–H and O–H groups in total. The van der Waals surface area contributed by atoms with Crippen LogP contribution in [0.25, 0.3) is 0 Å². The summed E-state index contributed by atoms with van der Waals surface area (Å²) in [5.74, 6) is -1.91. The van der Waals surface area contributed by atoms with Gasteiger partial charge in [0.15, 0.2) is 0 Å². The molecule has 0 unspecified atom stereocenters. The van der Waals surface area contributed by atoms with Crippen molar-refractivity contribution in [1.82, 2.24) is 4.98 Å². The van der Waals surface area contributed by atoms with E-state index in [9.17, 15) is 19.2 Å². The third-order valence-corrected chi connectivity index (χ3v) is 12.1. The maximum absolute atomic E-state index is 13.9. The molecule has 2 saturated carbocycles. The third-order valence-electron chi connectivity index (χ3n) is 8.68. The fourth-order valence-electron chi connectivity index (χ4n) is 7.34. The highest BCUT2D eigenvalue weighted by Gasteiger charge is 2.69. The van der Waals surface area contributed by atoms with Gasteiger partial charge in [0, 0.05) is 16.0 Å². The molecule has 1 saturated heterocycles. The van der Waals surface area contributed by atoms with Gasteiger partial charge in [-0.2, -0.15) is 0 Å². The Morgan fingerprint density at radius 2 is 1.77 bits per heavy atom. The number of benzene rings is 2. The van der Waals surface area contributed by atoms with Crippen molar-refractivity contribution in [1.29, 1.82) is 0 Å². The van der Waals surface area contributed by atoms with Gasteiger partial charge in [-0.3, -0.25) is 19.3 Å². The van der Waals surface area contributed by atoms with Crippen molar-refractivity contribution in [3.05, 3.63) is 78.2 Å². The summed E-state index contributed by atoms with van der Waals surface area (Å²) in [4.78, 5) is 57.3. The average molecular weight is 602 g/mol. The van der Waals surface area contributed by atoms with Crippen molar-refractivity contribution in [3.8, 4) is 0 Å². The van der Waals surface area contributed by atoms with Crippen LogP contribution in [0.5, 0.6) is 0 Å². The SMILES string of the molecule is CCOC(=O)c1ccc(N2C(=O)[C@H]3[C@H]4C[C@@H]([C@@H]3C2=O)[C@H]2[C@H](c3cccc(Cl)c3Cl)c3sc(=O)[nH]c3S[C@H]42)cc1. The predicted octanol–water partition coefficient (Wildman–Crippen LogP) is 5.60. The number of thiazole rings is 1. The maximum Gasteiger partial charge on any atom is 0.338 e. The number of aromatic amines is 1. The van der Waals surface area contributed by atoms with Crippen molar-refractivity contribution < 1.29 is 19.1 Å². The Morgan fingerprint density at radius 1 is 1.05 bits per heavy atom. The Balaban J connectivity index is 1.27. The second-order valence-electron chi connectivity index (χ2n) is 10.4. The summed E-state index contributed by atoms with van der Waals surface area (Å²) < 4.78 is 5.05. The molecular weight excluding hydrogens is 579 g/mol. The smallest absolute Gasteiger partial charge is 0.338 e. The van der Waals surface area contributed by atoms with Crippen LogP contribution in [0, 0.1) is 29.6 Å². The average Bonchev–Trinajstić information content (AvgIpc) is 3.65. The zero-order valence-corrected chi connectivity index (χ0v) is 23.7. The summed E-state index contributed by atoms with van der Waals surface area (Å²) in [6.45, 7) is 2.00. The number of nitrogens with one attached hydrogen (secondary N) is 1. The molecule has 3 fully saturated rings. The highest BCUT2D eigenvalue weighted by molar-refractivity contribution is 8.00. The number of H-pyrrole nitrogens is 1. The first kappa shape index (κ1) is 25.4. The predicted molar refractivity (Wildman–Crippen MR) is 150 cm³/mol. The monoisotopic (exact) mass is 600 g/mol. The lowest BCUT2D eigenvalue weighted by Crippen LogP contribution is -2.42. The molecule has 2 aliphatic heterocycles. The number of ether oxygens (including phenoxy) is 1. The van der Waals surface area contributed by atoms with Gasteiger partial charge < -0.3 is 9.72 Å². The number of hydrogen-bond acceptors (Lipinski definition) is 7. The molecule has 200 valence electrons. The van der Waals surface area contributed by atoms with Crippen molar-refractivity contribution in [3.63, 3.8) is 0 Å². The quantitative estimate of drug-likeness (QED) is 0.309. The summed E-state index contributed by atoms with van der Waals surface area (Å²) in [7, 11) is 0. The minimum absolute atomic E-state index is 0.00716. The van der Waals surface area contributed by atoms with Crippen LogP contribution < -0.4 is 9.77 Å². The minimum atomic E-state index is -0.449. The number of amides is 2.